The summed E-state index contributed by atoms with van der Waals surface area (Å²) in [6.07, 6.45) is 3.48. The number of benzene rings is 2. The molecule has 106 valence electrons. The second-order valence-corrected chi connectivity index (χ2v) is 6.35. The van der Waals surface area contributed by atoms with Crippen LogP contribution in [0.25, 0.3) is 10.9 Å². The standard InChI is InChI=1S/C17H17N3S/c18-12-8-9-13-11(10-12)4-3-7-15(13)19-17-14-5-1-2-6-16(14)20-21-17/h1-2,5-6,8-10,15,19H,3-4,7,18H2. The molecule has 4 rings (SSSR count). The largest absolute Gasteiger partial charge is 0.399 e. The lowest BCUT2D eigenvalue weighted by Gasteiger charge is -2.27. The van der Waals surface area contributed by atoms with Gasteiger partial charge in [0.1, 0.15) is 5.00 Å². The molecule has 3 N–H and O–H groups in total. The van der Waals surface area contributed by atoms with Gasteiger partial charge in [-0.3, -0.25) is 0 Å². The quantitative estimate of drug-likeness (QED) is 0.690. The molecule has 4 heteroatoms. The average molecular weight is 295 g/mol. The zero-order valence-electron chi connectivity index (χ0n) is 11.7. The first kappa shape index (κ1) is 12.7. The molecule has 1 aliphatic carbocycles. The van der Waals surface area contributed by atoms with E-state index in [1.807, 2.05) is 12.1 Å². The number of nitrogens with one attached hydrogen (secondary N) is 1. The Morgan fingerprint density at radius 2 is 2.10 bits per heavy atom. The smallest absolute Gasteiger partial charge is 0.117 e. The molecule has 1 unspecified atom stereocenters. The second kappa shape index (κ2) is 5.04. The van der Waals surface area contributed by atoms with E-state index >= 15 is 0 Å². The molecule has 0 spiro atoms. The first-order chi connectivity index (χ1) is 10.3. The summed E-state index contributed by atoms with van der Waals surface area (Å²) in [4.78, 5) is 0. The van der Waals surface area contributed by atoms with Gasteiger partial charge in [-0.2, -0.15) is 4.37 Å². The van der Waals surface area contributed by atoms with Crippen molar-refractivity contribution >= 4 is 33.1 Å². The zero-order valence-corrected chi connectivity index (χ0v) is 12.5. The van der Waals surface area contributed by atoms with Crippen molar-refractivity contribution in [3.63, 3.8) is 0 Å². The number of aryl methyl sites for hydroxylation is 1. The lowest BCUT2D eigenvalue weighted by molar-refractivity contribution is 0.602. The number of nitrogen functional groups attached to an aromatic ring is 1. The number of hydrogen-bond donors (Lipinski definition) is 2. The molecule has 0 radical (unpaired) electrons. The van der Waals surface area contributed by atoms with Crippen LogP contribution < -0.4 is 11.1 Å². The van der Waals surface area contributed by atoms with Crippen molar-refractivity contribution in [3.8, 4) is 0 Å². The highest BCUT2D eigenvalue weighted by molar-refractivity contribution is 7.11. The lowest BCUT2D eigenvalue weighted by atomic mass is 9.87. The molecule has 0 saturated carbocycles. The summed E-state index contributed by atoms with van der Waals surface area (Å²) in [5.74, 6) is 0. The molecule has 0 bridgehead atoms. The summed E-state index contributed by atoms with van der Waals surface area (Å²) in [5, 5.41) is 6.07. The predicted octanol–water partition coefficient (Wildman–Crippen LogP) is 4.37. The van der Waals surface area contributed by atoms with E-state index in [0.717, 1.165) is 24.0 Å². The Hall–Kier alpha value is -2.07. The van der Waals surface area contributed by atoms with Crippen molar-refractivity contribution in [1.29, 1.82) is 0 Å². The summed E-state index contributed by atoms with van der Waals surface area (Å²) < 4.78 is 4.51. The third kappa shape index (κ3) is 2.25. The third-order valence-electron chi connectivity index (χ3n) is 4.17. The van der Waals surface area contributed by atoms with Crippen LogP contribution in [0.1, 0.15) is 30.0 Å². The van der Waals surface area contributed by atoms with Gasteiger partial charge < -0.3 is 11.1 Å². The highest BCUT2D eigenvalue weighted by Gasteiger charge is 2.21. The minimum atomic E-state index is 0.359. The Morgan fingerprint density at radius 3 is 3.05 bits per heavy atom. The van der Waals surface area contributed by atoms with Crippen LogP contribution in [0, 0.1) is 0 Å². The molecule has 2 aromatic carbocycles. The summed E-state index contributed by atoms with van der Waals surface area (Å²) in [6, 6.07) is 14.9. The zero-order chi connectivity index (χ0) is 14.2. The summed E-state index contributed by atoms with van der Waals surface area (Å²) >= 11 is 1.55. The van der Waals surface area contributed by atoms with Crippen LogP contribution >= 0.6 is 11.5 Å². The van der Waals surface area contributed by atoms with E-state index in [1.165, 1.54) is 27.9 Å². The van der Waals surface area contributed by atoms with Gasteiger partial charge in [0.2, 0.25) is 0 Å². The number of rotatable bonds is 2. The SMILES string of the molecule is Nc1ccc2c(c1)CCCC2Nc1snc2ccccc12. The van der Waals surface area contributed by atoms with Gasteiger partial charge in [0.25, 0.3) is 0 Å². The maximum Gasteiger partial charge on any atom is 0.117 e. The van der Waals surface area contributed by atoms with Crippen LogP contribution in [0.15, 0.2) is 42.5 Å². The molecule has 0 saturated heterocycles. The van der Waals surface area contributed by atoms with Gasteiger partial charge in [0.15, 0.2) is 0 Å². The molecule has 0 fully saturated rings. The van der Waals surface area contributed by atoms with Gasteiger partial charge >= 0.3 is 0 Å². The number of aromatic nitrogens is 1. The van der Waals surface area contributed by atoms with Crippen LogP contribution in [-0.4, -0.2) is 4.37 Å². The van der Waals surface area contributed by atoms with E-state index < -0.39 is 0 Å². The Balaban J connectivity index is 1.70. The van der Waals surface area contributed by atoms with E-state index in [-0.39, 0.29) is 0 Å². The maximum absolute atomic E-state index is 5.91. The second-order valence-electron chi connectivity index (χ2n) is 5.58. The fourth-order valence-corrected chi connectivity index (χ4v) is 3.95. The number of nitrogens with two attached hydrogens (primary N) is 1. The van der Waals surface area contributed by atoms with Gasteiger partial charge in [-0.25, -0.2) is 0 Å². The number of anilines is 2. The van der Waals surface area contributed by atoms with Crippen molar-refractivity contribution in [2.24, 2.45) is 0 Å². The topological polar surface area (TPSA) is 50.9 Å². The van der Waals surface area contributed by atoms with E-state index in [1.54, 1.807) is 11.5 Å². The van der Waals surface area contributed by atoms with Crippen molar-refractivity contribution in [1.82, 2.24) is 4.37 Å². The predicted molar refractivity (Wildman–Crippen MR) is 89.8 cm³/mol. The molecular weight excluding hydrogens is 278 g/mol. The molecule has 1 atom stereocenters. The minimum absolute atomic E-state index is 0.359. The molecule has 0 amide bonds. The van der Waals surface area contributed by atoms with Crippen LogP contribution in [0.3, 0.4) is 0 Å². The third-order valence-corrected chi connectivity index (χ3v) is 4.98. The van der Waals surface area contributed by atoms with Gasteiger partial charge in [-0.1, -0.05) is 18.2 Å². The van der Waals surface area contributed by atoms with E-state index in [4.69, 9.17) is 5.73 Å². The molecule has 3 aromatic rings. The van der Waals surface area contributed by atoms with Gasteiger partial charge in [-0.05, 0) is 66.2 Å². The van der Waals surface area contributed by atoms with E-state index in [9.17, 15) is 0 Å². The first-order valence-electron chi connectivity index (χ1n) is 7.30. The molecule has 1 aliphatic rings. The molecule has 21 heavy (non-hydrogen) atoms. The Kier molecular flexibility index (Phi) is 3.04. The van der Waals surface area contributed by atoms with E-state index in [2.05, 4.69) is 40.0 Å². The first-order valence-corrected chi connectivity index (χ1v) is 8.08. The summed E-state index contributed by atoms with van der Waals surface area (Å²) in [7, 11) is 0. The lowest BCUT2D eigenvalue weighted by Crippen LogP contribution is -2.17. The summed E-state index contributed by atoms with van der Waals surface area (Å²) in [6.45, 7) is 0. The molecular formula is C17H17N3S. The van der Waals surface area contributed by atoms with Gasteiger partial charge in [-0.15, -0.1) is 0 Å². The Labute approximate surface area is 128 Å². The number of fused-ring (bicyclic) bond motifs is 2. The van der Waals surface area contributed by atoms with Crippen molar-refractivity contribution < 1.29 is 0 Å². The van der Waals surface area contributed by atoms with Gasteiger partial charge in [0, 0.05) is 11.1 Å². The Bertz CT molecular complexity index is 794. The average Bonchev–Trinajstić information content (AvgIpc) is 2.91. The number of hydrogen-bond acceptors (Lipinski definition) is 4. The van der Waals surface area contributed by atoms with Crippen molar-refractivity contribution in [2.75, 3.05) is 11.1 Å². The highest BCUT2D eigenvalue weighted by atomic mass is 32.1. The van der Waals surface area contributed by atoms with Gasteiger partial charge in [0.05, 0.1) is 11.6 Å². The van der Waals surface area contributed by atoms with Crippen LogP contribution in [0.2, 0.25) is 0 Å². The molecule has 1 heterocycles. The van der Waals surface area contributed by atoms with E-state index in [0.29, 0.717) is 6.04 Å². The maximum atomic E-state index is 5.91. The number of nitrogens with zero attached hydrogens (tertiary/aromatic N) is 1. The normalized spacial score (nSPS) is 17.6. The van der Waals surface area contributed by atoms with Crippen LogP contribution in [-0.2, 0) is 6.42 Å². The van der Waals surface area contributed by atoms with Crippen LogP contribution in [0.4, 0.5) is 10.7 Å². The van der Waals surface area contributed by atoms with Crippen LogP contribution in [0.5, 0.6) is 0 Å². The summed E-state index contributed by atoms with van der Waals surface area (Å²) in [5.41, 5.74) is 10.6. The highest BCUT2D eigenvalue weighted by Crippen LogP contribution is 2.36. The fraction of sp³-hybridized carbons (Fsp3) is 0.235. The van der Waals surface area contributed by atoms with Crippen molar-refractivity contribution in [3.05, 3.63) is 53.6 Å². The molecule has 3 nitrogen and oxygen atoms in total. The Morgan fingerprint density at radius 1 is 1.19 bits per heavy atom. The minimum Gasteiger partial charge on any atom is -0.399 e. The van der Waals surface area contributed by atoms with Crippen molar-refractivity contribution in [2.45, 2.75) is 25.3 Å². The molecule has 1 aromatic heterocycles. The monoisotopic (exact) mass is 295 g/mol. The fourth-order valence-electron chi connectivity index (χ4n) is 3.14. The molecule has 0 aliphatic heterocycles.